The average molecular weight is 907 g/mol. The summed E-state index contributed by atoms with van der Waals surface area (Å²) in [5, 5.41) is 85.3. The number of anilines is 4. The Morgan fingerprint density at radius 1 is 0.227 bits per heavy atom. The molecule has 0 saturated heterocycles. The van der Waals surface area contributed by atoms with Crippen LogP contribution < -0.4 is 21.3 Å². The molecule has 0 aromatic heterocycles. The molecule has 0 fully saturated rings. The summed E-state index contributed by atoms with van der Waals surface area (Å²) in [5.74, 6) is -19.1. The van der Waals surface area contributed by atoms with E-state index < -0.39 is 161 Å². The lowest BCUT2D eigenvalue weighted by Gasteiger charge is -2.18. The number of hydrogen-bond donors (Lipinski definition) is 12. The second-order valence-electron chi connectivity index (χ2n) is 13.4. The molecule has 0 aliphatic carbocycles. The molecular formula is C42H26N4O20. The number of carboxylic acids is 8. The van der Waals surface area contributed by atoms with E-state index in [4.69, 9.17) is 0 Å². The standard InChI is InChI=1S/C42H26N4O20/c47-31(43-23-5-15(35(51)52)1-16(6-23)36(53)54)27-13-29(33(49)45-25-9-19(39(59)60)3-20(10-25)40(61)62)30(34(50)46-26-11-21(41(63)64)4-22(12-26)42(65)66)14-28(27)32(48)44-24-7-17(37(55)56)2-18(8-24)38(57)58/h1-14H,(H,43,47)(H,44,48)(H,45,49)(H,46,50)(H,51,52)(H,53,54)(H,55,56)(H,57,58)(H,59,60)(H,61,62)(H,63,64)(H,65,66). The summed E-state index contributed by atoms with van der Waals surface area (Å²) < 4.78 is 0. The van der Waals surface area contributed by atoms with E-state index in [1.807, 2.05) is 0 Å². The lowest BCUT2D eigenvalue weighted by molar-refractivity contribution is 0.0676. The highest BCUT2D eigenvalue weighted by atomic mass is 16.4. The minimum absolute atomic E-state index is 0.532. The Balaban J connectivity index is 1.78. The van der Waals surface area contributed by atoms with Crippen LogP contribution in [0, 0.1) is 0 Å². The van der Waals surface area contributed by atoms with Gasteiger partial charge in [0.2, 0.25) is 0 Å². The van der Waals surface area contributed by atoms with Gasteiger partial charge in [0.05, 0.1) is 66.8 Å². The van der Waals surface area contributed by atoms with Crippen molar-refractivity contribution in [1.29, 1.82) is 0 Å². The molecule has 0 aliphatic rings. The molecule has 0 spiro atoms. The minimum atomic E-state index is -1.66. The van der Waals surface area contributed by atoms with Crippen molar-refractivity contribution < 1.29 is 98.4 Å². The van der Waals surface area contributed by atoms with Gasteiger partial charge in [-0.3, -0.25) is 19.2 Å². The Morgan fingerprint density at radius 3 is 0.485 bits per heavy atom. The van der Waals surface area contributed by atoms with Crippen LogP contribution >= 0.6 is 0 Å². The fraction of sp³-hybridized carbons (Fsp3) is 0. The van der Waals surface area contributed by atoms with E-state index in [2.05, 4.69) is 21.3 Å². The second-order valence-corrected chi connectivity index (χ2v) is 13.4. The van der Waals surface area contributed by atoms with Gasteiger partial charge in [-0.1, -0.05) is 0 Å². The number of carboxylic acid groups (broad SMARTS) is 8. The number of carbonyl (C=O) groups excluding carboxylic acids is 4. The van der Waals surface area contributed by atoms with Gasteiger partial charge in [-0.05, 0) is 84.9 Å². The van der Waals surface area contributed by atoms with Gasteiger partial charge in [0.1, 0.15) is 0 Å². The van der Waals surface area contributed by atoms with Gasteiger partial charge >= 0.3 is 47.8 Å². The lowest BCUT2D eigenvalue weighted by atomic mass is 9.95. The van der Waals surface area contributed by atoms with Crippen LogP contribution in [0.1, 0.15) is 124 Å². The molecule has 66 heavy (non-hydrogen) atoms. The normalized spacial score (nSPS) is 10.4. The number of aromatic carboxylic acids is 8. The fourth-order valence-corrected chi connectivity index (χ4v) is 5.93. The van der Waals surface area contributed by atoms with Crippen LogP contribution in [0.25, 0.3) is 0 Å². The minimum Gasteiger partial charge on any atom is -0.478 e. The van der Waals surface area contributed by atoms with E-state index in [1.54, 1.807) is 0 Å². The van der Waals surface area contributed by atoms with Crippen LogP contribution in [0.4, 0.5) is 22.7 Å². The largest absolute Gasteiger partial charge is 0.478 e. The van der Waals surface area contributed by atoms with Gasteiger partial charge in [-0.2, -0.15) is 0 Å². The molecule has 24 heteroatoms. The summed E-state index contributed by atoms with van der Waals surface area (Å²) in [7, 11) is 0. The highest BCUT2D eigenvalue weighted by molar-refractivity contribution is 6.22. The predicted molar refractivity (Wildman–Crippen MR) is 220 cm³/mol. The van der Waals surface area contributed by atoms with Crippen molar-refractivity contribution in [2.45, 2.75) is 0 Å². The molecule has 12 N–H and O–H groups in total. The van der Waals surface area contributed by atoms with Crippen molar-refractivity contribution in [2.24, 2.45) is 0 Å². The molecule has 0 atom stereocenters. The van der Waals surface area contributed by atoms with Crippen LogP contribution in [-0.2, 0) is 0 Å². The maximum Gasteiger partial charge on any atom is 0.335 e. The molecule has 4 amide bonds. The first kappa shape index (κ1) is 46.8. The zero-order valence-corrected chi connectivity index (χ0v) is 32.6. The molecule has 0 bridgehead atoms. The Morgan fingerprint density at radius 2 is 0.364 bits per heavy atom. The Hall–Kier alpha value is -10.3. The first-order valence-electron chi connectivity index (χ1n) is 17.8. The van der Waals surface area contributed by atoms with E-state index in [0.717, 1.165) is 72.8 Å². The van der Waals surface area contributed by atoms with Crippen LogP contribution in [-0.4, -0.2) is 112 Å². The molecule has 24 nitrogen and oxygen atoms in total. The quantitative estimate of drug-likeness (QED) is 0.0657. The van der Waals surface area contributed by atoms with Crippen molar-refractivity contribution in [2.75, 3.05) is 21.3 Å². The Kier molecular flexibility index (Phi) is 13.3. The van der Waals surface area contributed by atoms with Crippen LogP contribution in [0.2, 0.25) is 0 Å². The van der Waals surface area contributed by atoms with E-state index >= 15 is 0 Å². The SMILES string of the molecule is O=C(O)c1cc(NC(=O)c2cc(C(=O)Nc3cc(C(=O)O)cc(C(=O)O)c3)c(C(=O)Nc3cc(C(=O)O)cc(C(=O)O)c3)cc2C(=O)Nc2cc(C(=O)O)cc(C(=O)O)c2)cc(C(=O)O)c1. The molecule has 0 heterocycles. The Labute approximate surface area is 365 Å². The summed E-state index contributed by atoms with van der Waals surface area (Å²) in [6.45, 7) is 0. The third-order valence-electron chi connectivity index (χ3n) is 8.88. The smallest absolute Gasteiger partial charge is 0.335 e. The number of hydrogen-bond acceptors (Lipinski definition) is 12. The summed E-state index contributed by atoms with van der Waals surface area (Å²) >= 11 is 0. The predicted octanol–water partition coefficient (Wildman–Crippen LogP) is 4.28. The lowest BCUT2D eigenvalue weighted by Crippen LogP contribution is -2.26. The highest BCUT2D eigenvalue weighted by Gasteiger charge is 2.29. The zero-order chi connectivity index (χ0) is 48.9. The Bertz CT molecular complexity index is 2520. The van der Waals surface area contributed by atoms with Crippen LogP contribution in [0.5, 0.6) is 0 Å². The summed E-state index contributed by atoms with van der Waals surface area (Å²) in [6, 6.07) is 10.3. The van der Waals surface area contributed by atoms with Gasteiger partial charge in [0.25, 0.3) is 23.6 Å². The van der Waals surface area contributed by atoms with Gasteiger partial charge in [0, 0.05) is 22.7 Å². The van der Waals surface area contributed by atoms with E-state index in [-0.39, 0.29) is 0 Å². The summed E-state index contributed by atoms with van der Waals surface area (Å²) in [5.41, 5.74) is -11.1. The highest BCUT2D eigenvalue weighted by Crippen LogP contribution is 2.27. The molecule has 0 unspecified atom stereocenters. The molecule has 334 valence electrons. The van der Waals surface area contributed by atoms with Gasteiger partial charge in [-0.25, -0.2) is 38.4 Å². The number of carbonyl (C=O) groups is 12. The van der Waals surface area contributed by atoms with Gasteiger partial charge < -0.3 is 62.1 Å². The third-order valence-corrected chi connectivity index (χ3v) is 8.88. The van der Waals surface area contributed by atoms with Crippen molar-refractivity contribution >= 4 is 94.1 Å². The number of amides is 4. The average Bonchev–Trinajstić information content (AvgIpc) is 3.25. The van der Waals surface area contributed by atoms with Crippen molar-refractivity contribution in [3.8, 4) is 0 Å². The number of benzene rings is 5. The number of rotatable bonds is 16. The van der Waals surface area contributed by atoms with Gasteiger partial charge in [0.15, 0.2) is 0 Å². The van der Waals surface area contributed by atoms with E-state index in [1.165, 1.54) is 0 Å². The maximum atomic E-state index is 14.2. The van der Waals surface area contributed by atoms with Crippen LogP contribution in [0.15, 0.2) is 84.9 Å². The molecule has 0 aliphatic heterocycles. The van der Waals surface area contributed by atoms with Crippen molar-refractivity contribution in [3.63, 3.8) is 0 Å². The summed E-state index contributed by atoms with van der Waals surface area (Å²) in [6.07, 6.45) is 0. The van der Waals surface area contributed by atoms with E-state index in [0.29, 0.717) is 12.1 Å². The topological polar surface area (TPSA) is 415 Å². The molecule has 5 aromatic rings. The second kappa shape index (κ2) is 18.8. The maximum absolute atomic E-state index is 14.2. The zero-order valence-electron chi connectivity index (χ0n) is 32.6. The molecule has 0 saturated carbocycles. The third kappa shape index (κ3) is 10.8. The van der Waals surface area contributed by atoms with Crippen molar-refractivity contribution in [3.05, 3.63) is 152 Å². The van der Waals surface area contributed by atoms with Crippen molar-refractivity contribution in [1.82, 2.24) is 0 Å². The number of nitrogens with one attached hydrogen (secondary N) is 4. The van der Waals surface area contributed by atoms with E-state index in [9.17, 15) is 98.4 Å². The first-order chi connectivity index (χ1) is 30.9. The van der Waals surface area contributed by atoms with Crippen LogP contribution in [0.3, 0.4) is 0 Å². The molecular weight excluding hydrogens is 880 g/mol. The monoisotopic (exact) mass is 906 g/mol. The van der Waals surface area contributed by atoms with Gasteiger partial charge in [-0.15, -0.1) is 0 Å². The molecule has 0 radical (unpaired) electrons. The first-order valence-corrected chi connectivity index (χ1v) is 17.8. The molecule has 5 rings (SSSR count). The fourth-order valence-electron chi connectivity index (χ4n) is 5.93. The summed E-state index contributed by atoms with van der Waals surface area (Å²) in [4.78, 5) is 151. The molecule has 5 aromatic carbocycles.